The molecular weight excluding hydrogens is 245 g/mol. The zero-order chi connectivity index (χ0) is 13.4. The summed E-state index contributed by atoms with van der Waals surface area (Å²) >= 11 is 0. The van der Waals surface area contributed by atoms with Crippen LogP contribution in [0.3, 0.4) is 0 Å². The molecule has 3 rings (SSSR count). The molecule has 0 unspecified atom stereocenters. The summed E-state index contributed by atoms with van der Waals surface area (Å²) in [7, 11) is 0. The Kier molecular flexibility index (Phi) is 2.72. The van der Waals surface area contributed by atoms with E-state index in [-0.39, 0.29) is 5.82 Å². The third kappa shape index (κ3) is 2.06. The second kappa shape index (κ2) is 4.40. The van der Waals surface area contributed by atoms with Gasteiger partial charge in [-0.25, -0.2) is 19.3 Å². The van der Waals surface area contributed by atoms with E-state index in [0.717, 1.165) is 5.39 Å². The van der Waals surface area contributed by atoms with Crippen molar-refractivity contribution < 1.29 is 4.39 Å². The van der Waals surface area contributed by atoms with E-state index in [1.165, 1.54) is 12.1 Å². The number of hydrogen-bond acceptors (Lipinski definition) is 5. The lowest BCUT2D eigenvalue weighted by Gasteiger charge is -2.05. The molecule has 0 spiro atoms. The molecule has 0 bridgehead atoms. The van der Waals surface area contributed by atoms with Crippen molar-refractivity contribution in [2.24, 2.45) is 5.73 Å². The fraction of sp³-hybridized carbons (Fsp3) is 0.154. The number of nitrogen functional groups attached to an aromatic ring is 1. The van der Waals surface area contributed by atoms with Gasteiger partial charge in [-0.15, -0.1) is 0 Å². The van der Waals surface area contributed by atoms with Gasteiger partial charge in [0, 0.05) is 17.9 Å². The molecule has 0 aliphatic carbocycles. The summed E-state index contributed by atoms with van der Waals surface area (Å²) in [4.78, 5) is 12.8. The number of benzene rings is 1. The molecule has 2 heterocycles. The van der Waals surface area contributed by atoms with Gasteiger partial charge in [-0.3, -0.25) is 0 Å². The Balaban J connectivity index is 2.31. The third-order valence-corrected chi connectivity index (χ3v) is 2.89. The van der Waals surface area contributed by atoms with Crippen LogP contribution in [0.5, 0.6) is 0 Å². The third-order valence-electron chi connectivity index (χ3n) is 2.89. The van der Waals surface area contributed by atoms with Crippen molar-refractivity contribution in [3.8, 4) is 0 Å². The van der Waals surface area contributed by atoms with Crippen LogP contribution in [0.25, 0.3) is 21.9 Å². The monoisotopic (exact) mass is 257 g/mol. The highest BCUT2D eigenvalue weighted by molar-refractivity contribution is 5.95. The number of anilines is 1. The van der Waals surface area contributed by atoms with Crippen LogP contribution in [-0.2, 0) is 6.42 Å². The van der Waals surface area contributed by atoms with E-state index >= 15 is 0 Å². The van der Waals surface area contributed by atoms with Crippen molar-refractivity contribution in [1.82, 2.24) is 15.0 Å². The number of nitrogens with two attached hydrogens (primary N) is 2. The van der Waals surface area contributed by atoms with Crippen LogP contribution in [-0.4, -0.2) is 21.5 Å². The number of hydrogen-bond donors (Lipinski definition) is 2. The summed E-state index contributed by atoms with van der Waals surface area (Å²) < 4.78 is 13.2. The second-order valence-electron chi connectivity index (χ2n) is 4.26. The summed E-state index contributed by atoms with van der Waals surface area (Å²) in [5.41, 5.74) is 12.4. The molecule has 3 aromatic rings. The van der Waals surface area contributed by atoms with Gasteiger partial charge >= 0.3 is 0 Å². The topological polar surface area (TPSA) is 90.7 Å². The Labute approximate surface area is 108 Å². The Morgan fingerprint density at radius 1 is 1.11 bits per heavy atom. The molecule has 0 amide bonds. The zero-order valence-corrected chi connectivity index (χ0v) is 10.1. The maximum absolute atomic E-state index is 13.2. The highest BCUT2D eigenvalue weighted by Gasteiger charge is 2.08. The Morgan fingerprint density at radius 3 is 2.74 bits per heavy atom. The minimum atomic E-state index is -0.330. The summed E-state index contributed by atoms with van der Waals surface area (Å²) in [5.74, 6) is 0.589. The maximum Gasteiger partial charge on any atom is 0.165 e. The molecule has 5 nitrogen and oxygen atoms in total. The highest BCUT2D eigenvalue weighted by atomic mass is 19.1. The Hall–Kier alpha value is -2.34. The van der Waals surface area contributed by atoms with Crippen LogP contribution in [0.4, 0.5) is 10.2 Å². The van der Waals surface area contributed by atoms with E-state index in [2.05, 4.69) is 15.0 Å². The Bertz CT molecular complexity index is 772. The van der Waals surface area contributed by atoms with Crippen molar-refractivity contribution in [3.05, 3.63) is 35.9 Å². The molecule has 4 N–H and O–H groups in total. The lowest BCUT2D eigenvalue weighted by atomic mass is 10.1. The normalized spacial score (nSPS) is 11.3. The predicted molar refractivity (Wildman–Crippen MR) is 72.0 cm³/mol. The van der Waals surface area contributed by atoms with Gasteiger partial charge in [0.25, 0.3) is 0 Å². The van der Waals surface area contributed by atoms with E-state index in [9.17, 15) is 4.39 Å². The van der Waals surface area contributed by atoms with E-state index in [0.29, 0.717) is 41.2 Å². The van der Waals surface area contributed by atoms with Gasteiger partial charge in [0.2, 0.25) is 0 Å². The van der Waals surface area contributed by atoms with Crippen LogP contribution >= 0.6 is 0 Å². The van der Waals surface area contributed by atoms with Gasteiger partial charge in [0.1, 0.15) is 17.5 Å². The van der Waals surface area contributed by atoms with Crippen LogP contribution in [0, 0.1) is 5.82 Å². The molecular formula is C13H12FN5. The number of aromatic nitrogens is 3. The number of rotatable bonds is 2. The van der Waals surface area contributed by atoms with E-state index in [4.69, 9.17) is 11.5 Å². The molecule has 19 heavy (non-hydrogen) atoms. The van der Waals surface area contributed by atoms with Crippen molar-refractivity contribution in [3.63, 3.8) is 0 Å². The van der Waals surface area contributed by atoms with Gasteiger partial charge in [0.15, 0.2) is 5.65 Å². The minimum Gasteiger partial charge on any atom is -0.383 e. The first-order valence-electron chi connectivity index (χ1n) is 5.90. The largest absolute Gasteiger partial charge is 0.383 e. The van der Waals surface area contributed by atoms with Crippen LogP contribution in [0.2, 0.25) is 0 Å². The lowest BCUT2D eigenvalue weighted by molar-refractivity contribution is 0.629. The SMILES string of the molecule is NCCc1nc(N)c2cc3ccc(F)cc3nc2n1. The predicted octanol–water partition coefficient (Wildman–Crippen LogP) is 1.40. The number of pyridine rings is 1. The lowest BCUT2D eigenvalue weighted by Crippen LogP contribution is -2.08. The molecule has 0 atom stereocenters. The molecule has 0 aliphatic rings. The van der Waals surface area contributed by atoms with Crippen molar-refractivity contribution in [2.75, 3.05) is 12.3 Å². The first kappa shape index (κ1) is 11.7. The number of nitrogens with zero attached hydrogens (tertiary/aromatic N) is 3. The standard InChI is InChI=1S/C13H12FN5/c14-8-2-1-7-5-9-12(16)18-11(3-4-15)19-13(9)17-10(7)6-8/h1-2,5-6H,3-4,15H2,(H2,16,17,18,19). The molecule has 0 saturated carbocycles. The van der Waals surface area contributed by atoms with Crippen molar-refractivity contribution in [1.29, 1.82) is 0 Å². The van der Waals surface area contributed by atoms with Gasteiger partial charge in [-0.05, 0) is 24.7 Å². The van der Waals surface area contributed by atoms with Crippen molar-refractivity contribution >= 4 is 27.8 Å². The summed E-state index contributed by atoms with van der Waals surface area (Å²) in [6.07, 6.45) is 0.531. The average Bonchev–Trinajstić information content (AvgIpc) is 2.37. The molecule has 6 heteroatoms. The fourth-order valence-corrected chi connectivity index (χ4v) is 1.99. The van der Waals surface area contributed by atoms with E-state index in [1.807, 2.05) is 6.07 Å². The summed E-state index contributed by atoms with van der Waals surface area (Å²) in [5, 5.41) is 1.47. The average molecular weight is 257 g/mol. The summed E-state index contributed by atoms with van der Waals surface area (Å²) in [6.45, 7) is 0.438. The number of halogens is 1. The molecule has 96 valence electrons. The summed E-state index contributed by atoms with van der Waals surface area (Å²) in [6, 6.07) is 6.23. The molecule has 1 aromatic carbocycles. The molecule has 0 radical (unpaired) electrons. The second-order valence-corrected chi connectivity index (χ2v) is 4.26. The molecule has 0 aliphatic heterocycles. The molecule has 2 aromatic heterocycles. The first-order chi connectivity index (χ1) is 9.17. The smallest absolute Gasteiger partial charge is 0.165 e. The van der Waals surface area contributed by atoms with Crippen LogP contribution in [0.15, 0.2) is 24.3 Å². The molecule has 0 fully saturated rings. The van der Waals surface area contributed by atoms with Gasteiger partial charge in [-0.2, -0.15) is 0 Å². The van der Waals surface area contributed by atoms with Gasteiger partial charge in [-0.1, -0.05) is 0 Å². The van der Waals surface area contributed by atoms with Crippen LogP contribution < -0.4 is 11.5 Å². The van der Waals surface area contributed by atoms with Gasteiger partial charge in [0.05, 0.1) is 10.9 Å². The highest BCUT2D eigenvalue weighted by Crippen LogP contribution is 2.22. The quantitative estimate of drug-likeness (QED) is 0.677. The van der Waals surface area contributed by atoms with E-state index < -0.39 is 0 Å². The van der Waals surface area contributed by atoms with E-state index in [1.54, 1.807) is 6.07 Å². The first-order valence-corrected chi connectivity index (χ1v) is 5.90. The van der Waals surface area contributed by atoms with Crippen LogP contribution in [0.1, 0.15) is 5.82 Å². The fourth-order valence-electron chi connectivity index (χ4n) is 1.99. The molecule has 0 saturated heterocycles. The van der Waals surface area contributed by atoms with Crippen molar-refractivity contribution in [2.45, 2.75) is 6.42 Å². The Morgan fingerprint density at radius 2 is 1.95 bits per heavy atom. The maximum atomic E-state index is 13.2. The number of fused-ring (bicyclic) bond motifs is 2. The van der Waals surface area contributed by atoms with Gasteiger partial charge < -0.3 is 11.5 Å². The minimum absolute atomic E-state index is 0.330. The zero-order valence-electron chi connectivity index (χ0n) is 10.1.